The highest BCUT2D eigenvalue weighted by Gasteiger charge is 2.32. The second-order valence-corrected chi connectivity index (χ2v) is 11.5. The molecule has 1 aromatic heterocycles. The number of carbonyl (C=O) groups is 1. The number of phenols is 1. The van der Waals surface area contributed by atoms with Crippen LogP contribution in [0.25, 0.3) is 5.69 Å². The van der Waals surface area contributed by atoms with Crippen molar-refractivity contribution in [1.82, 2.24) is 25.5 Å². The standard InChI is InChI=1S/C33H32N6O5S/c40-20-23-6-8-24(9-7-23)30-18-29(21-45-33-36-37-38-39(33)27-14-16-28(41)17-15-27)43-31(44-30)25-10-12-26(13-11-25)35-32(42)34-19-22-4-2-1-3-5-22/h1-17,29-31,40-41H,18-21H2,(H2,34,35,42)/t29-,30+,31+/m0/s1. The van der Waals surface area contributed by atoms with E-state index in [1.54, 1.807) is 28.9 Å². The van der Waals surface area contributed by atoms with Crippen molar-refractivity contribution in [3.8, 4) is 11.4 Å². The van der Waals surface area contributed by atoms with Crippen molar-refractivity contribution in [2.45, 2.75) is 43.2 Å². The van der Waals surface area contributed by atoms with Gasteiger partial charge < -0.3 is 30.3 Å². The average Bonchev–Trinajstić information content (AvgIpc) is 3.56. The predicted molar refractivity (Wildman–Crippen MR) is 169 cm³/mol. The quantitative estimate of drug-likeness (QED) is 0.148. The molecule has 11 nitrogen and oxygen atoms in total. The maximum Gasteiger partial charge on any atom is 0.319 e. The van der Waals surface area contributed by atoms with Crippen LogP contribution in [-0.2, 0) is 22.6 Å². The van der Waals surface area contributed by atoms with Crippen LogP contribution in [-0.4, -0.2) is 48.3 Å². The molecule has 6 rings (SSSR count). The van der Waals surface area contributed by atoms with E-state index in [9.17, 15) is 15.0 Å². The molecule has 2 heterocycles. The first-order valence-corrected chi connectivity index (χ1v) is 15.4. The van der Waals surface area contributed by atoms with Gasteiger partial charge in [-0.25, -0.2) is 4.79 Å². The molecule has 4 N–H and O–H groups in total. The third-order valence-corrected chi connectivity index (χ3v) is 8.34. The number of aliphatic hydroxyl groups is 1. The van der Waals surface area contributed by atoms with Gasteiger partial charge in [0.2, 0.25) is 5.16 Å². The summed E-state index contributed by atoms with van der Waals surface area (Å²) in [6.45, 7) is 0.396. The third kappa shape index (κ3) is 7.86. The molecule has 12 heteroatoms. The Kier molecular flexibility index (Phi) is 9.66. The summed E-state index contributed by atoms with van der Waals surface area (Å²) >= 11 is 1.47. The molecule has 1 fully saturated rings. The molecule has 0 saturated carbocycles. The van der Waals surface area contributed by atoms with Crippen molar-refractivity contribution in [2.75, 3.05) is 11.1 Å². The molecule has 2 amide bonds. The summed E-state index contributed by atoms with van der Waals surface area (Å²) in [5.74, 6) is 0.723. The molecule has 0 aliphatic carbocycles. The van der Waals surface area contributed by atoms with Gasteiger partial charge in [0.25, 0.3) is 0 Å². The van der Waals surface area contributed by atoms with E-state index in [0.29, 0.717) is 29.6 Å². The zero-order chi connectivity index (χ0) is 31.0. The summed E-state index contributed by atoms with van der Waals surface area (Å²) in [5, 5.41) is 37.6. The van der Waals surface area contributed by atoms with Crippen LogP contribution in [0.15, 0.2) is 108 Å². The number of thioether (sulfide) groups is 1. The van der Waals surface area contributed by atoms with Crippen molar-refractivity contribution < 1.29 is 24.5 Å². The number of hydrogen-bond acceptors (Lipinski definition) is 9. The second-order valence-electron chi connectivity index (χ2n) is 10.5. The van der Waals surface area contributed by atoms with Crippen molar-refractivity contribution in [1.29, 1.82) is 0 Å². The van der Waals surface area contributed by atoms with E-state index in [1.807, 2.05) is 78.9 Å². The number of benzene rings is 4. The summed E-state index contributed by atoms with van der Waals surface area (Å²) < 4.78 is 14.5. The number of tetrazole rings is 1. The number of ether oxygens (including phenoxy) is 2. The molecule has 1 aliphatic heterocycles. The molecule has 45 heavy (non-hydrogen) atoms. The van der Waals surface area contributed by atoms with E-state index in [2.05, 4.69) is 26.2 Å². The minimum Gasteiger partial charge on any atom is -0.508 e. The third-order valence-electron chi connectivity index (χ3n) is 7.29. The smallest absolute Gasteiger partial charge is 0.319 e. The predicted octanol–water partition coefficient (Wildman–Crippen LogP) is 5.52. The SMILES string of the molecule is O=C(NCc1ccccc1)Nc1ccc([C@@H]2O[C@H](CSc3nnnn3-c3ccc(O)cc3)C[C@H](c3ccc(CO)cc3)O2)cc1. The largest absolute Gasteiger partial charge is 0.508 e. The van der Waals surface area contributed by atoms with Crippen LogP contribution in [0.3, 0.4) is 0 Å². The van der Waals surface area contributed by atoms with Gasteiger partial charge in [-0.1, -0.05) is 78.5 Å². The monoisotopic (exact) mass is 624 g/mol. The Labute approximate surface area is 264 Å². The fourth-order valence-electron chi connectivity index (χ4n) is 4.89. The van der Waals surface area contributed by atoms with E-state index >= 15 is 0 Å². The van der Waals surface area contributed by atoms with E-state index in [1.165, 1.54) is 11.8 Å². The molecule has 3 atom stereocenters. The van der Waals surface area contributed by atoms with E-state index < -0.39 is 6.29 Å². The summed E-state index contributed by atoms with van der Waals surface area (Å²) in [4.78, 5) is 12.4. The van der Waals surface area contributed by atoms with Crippen LogP contribution in [0.4, 0.5) is 10.5 Å². The molecule has 1 aliphatic rings. The molecular weight excluding hydrogens is 592 g/mol. The van der Waals surface area contributed by atoms with Crippen LogP contribution < -0.4 is 10.6 Å². The Bertz CT molecular complexity index is 1680. The lowest BCUT2D eigenvalue weighted by atomic mass is 10.0. The Balaban J connectivity index is 1.14. The molecule has 4 aromatic carbocycles. The number of hydrogen-bond donors (Lipinski definition) is 4. The lowest BCUT2D eigenvalue weighted by Gasteiger charge is -2.36. The highest BCUT2D eigenvalue weighted by atomic mass is 32.2. The number of nitrogens with one attached hydrogen (secondary N) is 2. The van der Waals surface area contributed by atoms with Crippen LogP contribution in [0.1, 0.15) is 41.1 Å². The van der Waals surface area contributed by atoms with Crippen molar-refractivity contribution in [3.63, 3.8) is 0 Å². The molecule has 5 aromatic rings. The highest BCUT2D eigenvalue weighted by molar-refractivity contribution is 7.99. The number of nitrogens with zero attached hydrogens (tertiary/aromatic N) is 4. The van der Waals surface area contributed by atoms with E-state index in [4.69, 9.17) is 9.47 Å². The number of phenolic OH excluding ortho intramolecular Hbond substituents is 1. The van der Waals surface area contributed by atoms with Crippen LogP contribution in [0.5, 0.6) is 5.75 Å². The maximum absolute atomic E-state index is 12.4. The van der Waals surface area contributed by atoms with Crippen LogP contribution >= 0.6 is 11.8 Å². The van der Waals surface area contributed by atoms with Crippen molar-refractivity contribution in [2.24, 2.45) is 0 Å². The van der Waals surface area contributed by atoms with E-state index in [0.717, 1.165) is 27.9 Å². The van der Waals surface area contributed by atoms with Gasteiger partial charge in [0.1, 0.15) is 5.75 Å². The normalized spacial score (nSPS) is 17.9. The Morgan fingerprint density at radius 3 is 2.36 bits per heavy atom. The molecule has 0 radical (unpaired) electrons. The lowest BCUT2D eigenvalue weighted by Crippen LogP contribution is -2.31. The summed E-state index contributed by atoms with van der Waals surface area (Å²) in [5.41, 5.74) is 5.01. The Morgan fingerprint density at radius 1 is 0.889 bits per heavy atom. The Hall–Kier alpha value is -4.75. The minimum atomic E-state index is -0.652. The first-order valence-electron chi connectivity index (χ1n) is 14.4. The molecule has 0 bridgehead atoms. The van der Waals surface area contributed by atoms with Gasteiger partial charge >= 0.3 is 6.03 Å². The number of carbonyl (C=O) groups excluding carboxylic acids is 1. The number of urea groups is 1. The van der Waals surface area contributed by atoms with Gasteiger partial charge in [0.15, 0.2) is 6.29 Å². The molecule has 1 saturated heterocycles. The lowest BCUT2D eigenvalue weighted by molar-refractivity contribution is -0.245. The number of aromatic hydroxyl groups is 1. The van der Waals surface area contributed by atoms with Gasteiger partial charge in [-0.2, -0.15) is 4.68 Å². The number of rotatable bonds is 10. The molecule has 0 unspecified atom stereocenters. The molecule has 0 spiro atoms. The van der Waals surface area contributed by atoms with Gasteiger partial charge in [0.05, 0.1) is 24.5 Å². The number of aromatic nitrogens is 4. The first kappa shape index (κ1) is 30.3. The summed E-state index contributed by atoms with van der Waals surface area (Å²) in [6.07, 6.45) is -0.510. The number of anilines is 1. The van der Waals surface area contributed by atoms with Crippen LogP contribution in [0, 0.1) is 0 Å². The first-order chi connectivity index (χ1) is 22.0. The summed E-state index contributed by atoms with van der Waals surface area (Å²) in [6, 6.07) is 31.2. The van der Waals surface area contributed by atoms with Crippen molar-refractivity contribution in [3.05, 3.63) is 125 Å². The van der Waals surface area contributed by atoms with Gasteiger partial charge in [0, 0.05) is 30.0 Å². The zero-order valence-electron chi connectivity index (χ0n) is 24.2. The number of aliphatic hydroxyl groups excluding tert-OH is 1. The highest BCUT2D eigenvalue weighted by Crippen LogP contribution is 2.39. The summed E-state index contributed by atoms with van der Waals surface area (Å²) in [7, 11) is 0. The Morgan fingerprint density at radius 2 is 1.62 bits per heavy atom. The molecule has 230 valence electrons. The van der Waals surface area contributed by atoms with Crippen molar-refractivity contribution >= 4 is 23.5 Å². The average molecular weight is 625 g/mol. The minimum absolute atomic E-state index is 0.0305. The van der Waals surface area contributed by atoms with Crippen LogP contribution in [0.2, 0.25) is 0 Å². The molecular formula is C33H32N6O5S. The number of amides is 2. The fraction of sp³-hybridized carbons (Fsp3) is 0.212. The van der Waals surface area contributed by atoms with E-state index in [-0.39, 0.29) is 30.6 Å². The van der Waals surface area contributed by atoms with Gasteiger partial charge in [-0.05, 0) is 63.5 Å². The fourth-order valence-corrected chi connectivity index (χ4v) is 5.80. The maximum atomic E-state index is 12.4. The second kappa shape index (κ2) is 14.4. The van der Waals surface area contributed by atoms with Gasteiger partial charge in [-0.15, -0.1) is 5.10 Å². The topological polar surface area (TPSA) is 144 Å². The van der Waals surface area contributed by atoms with Gasteiger partial charge in [-0.3, -0.25) is 0 Å². The zero-order valence-corrected chi connectivity index (χ0v) is 25.0.